The van der Waals surface area contributed by atoms with Gasteiger partial charge in [0.25, 0.3) is 0 Å². The number of rotatable bonds is 5. The monoisotopic (exact) mass is 411 g/mol. The quantitative estimate of drug-likeness (QED) is 0.759. The fourth-order valence-corrected chi connectivity index (χ4v) is 4.18. The summed E-state index contributed by atoms with van der Waals surface area (Å²) in [6, 6.07) is 8.31. The summed E-state index contributed by atoms with van der Waals surface area (Å²) in [6.07, 6.45) is 1.93. The van der Waals surface area contributed by atoms with Crippen molar-refractivity contribution in [3.63, 3.8) is 0 Å². The summed E-state index contributed by atoms with van der Waals surface area (Å²) < 4.78 is 26.1. The van der Waals surface area contributed by atoms with E-state index in [0.717, 1.165) is 24.0 Å². The Kier molecular flexibility index (Phi) is 5.86. The molecule has 5 nitrogen and oxygen atoms in total. The number of halogens is 1. The Morgan fingerprint density at radius 1 is 1.13 bits per heavy atom. The number of benzene rings is 2. The molecule has 2 heterocycles. The van der Waals surface area contributed by atoms with Crippen molar-refractivity contribution in [2.45, 2.75) is 39.2 Å². The van der Waals surface area contributed by atoms with Gasteiger partial charge in [0.1, 0.15) is 17.7 Å². The Hall–Kier alpha value is -2.73. The number of nitrogens with one attached hydrogen (secondary N) is 1. The van der Waals surface area contributed by atoms with Gasteiger partial charge < -0.3 is 14.8 Å². The van der Waals surface area contributed by atoms with E-state index < -0.39 is 5.82 Å². The van der Waals surface area contributed by atoms with Gasteiger partial charge in [-0.25, -0.2) is 4.39 Å². The molecular formula is C24H26FNO4. The van der Waals surface area contributed by atoms with E-state index in [-0.39, 0.29) is 23.7 Å². The first-order chi connectivity index (χ1) is 14.4. The average Bonchev–Trinajstić information content (AvgIpc) is 3.15. The van der Waals surface area contributed by atoms with Gasteiger partial charge in [0.2, 0.25) is 5.91 Å². The zero-order valence-electron chi connectivity index (χ0n) is 17.3. The van der Waals surface area contributed by atoms with Crippen LogP contribution in [0.2, 0.25) is 0 Å². The Morgan fingerprint density at radius 3 is 2.63 bits per heavy atom. The van der Waals surface area contributed by atoms with Gasteiger partial charge in [0.15, 0.2) is 5.78 Å². The number of carbonyl (C=O) groups excluding carboxylic acids is 2. The Morgan fingerprint density at radius 2 is 1.90 bits per heavy atom. The molecule has 158 valence electrons. The van der Waals surface area contributed by atoms with E-state index in [0.29, 0.717) is 48.6 Å². The van der Waals surface area contributed by atoms with Gasteiger partial charge >= 0.3 is 0 Å². The molecule has 1 amide bonds. The highest BCUT2D eigenvalue weighted by Gasteiger charge is 2.29. The Bertz CT molecular complexity index is 981. The molecule has 1 N–H and O–H groups in total. The number of fused-ring (bicyclic) bond motifs is 1. The molecule has 4 rings (SSSR count). The molecule has 0 bridgehead atoms. The summed E-state index contributed by atoms with van der Waals surface area (Å²) >= 11 is 0. The minimum absolute atomic E-state index is 0.0104. The summed E-state index contributed by atoms with van der Waals surface area (Å²) in [6.45, 7) is 5.06. The molecule has 2 aliphatic heterocycles. The summed E-state index contributed by atoms with van der Waals surface area (Å²) in [7, 11) is 0. The maximum absolute atomic E-state index is 14.6. The van der Waals surface area contributed by atoms with Crippen LogP contribution in [0.4, 0.5) is 4.39 Å². The third-order valence-corrected chi connectivity index (χ3v) is 5.80. The van der Waals surface area contributed by atoms with Crippen LogP contribution < -0.4 is 10.1 Å². The van der Waals surface area contributed by atoms with Gasteiger partial charge in [-0.05, 0) is 62.1 Å². The van der Waals surface area contributed by atoms with Crippen LogP contribution in [-0.4, -0.2) is 37.6 Å². The smallest absolute Gasteiger partial charge is 0.223 e. The third-order valence-electron chi connectivity index (χ3n) is 5.80. The van der Waals surface area contributed by atoms with Crippen molar-refractivity contribution >= 4 is 11.7 Å². The van der Waals surface area contributed by atoms with Crippen molar-refractivity contribution in [3.8, 4) is 16.9 Å². The van der Waals surface area contributed by atoms with Crippen molar-refractivity contribution in [2.24, 2.45) is 5.92 Å². The van der Waals surface area contributed by atoms with E-state index in [4.69, 9.17) is 9.47 Å². The number of aryl methyl sites for hydroxylation is 1. The predicted octanol–water partition coefficient (Wildman–Crippen LogP) is 3.85. The number of ether oxygens (including phenoxy) is 2. The minimum atomic E-state index is -0.396. The summed E-state index contributed by atoms with van der Waals surface area (Å²) in [4.78, 5) is 24.2. The Labute approximate surface area is 175 Å². The molecule has 1 atom stereocenters. The lowest BCUT2D eigenvalue weighted by atomic mass is 9.95. The van der Waals surface area contributed by atoms with E-state index in [1.54, 1.807) is 6.07 Å². The maximum Gasteiger partial charge on any atom is 0.223 e. The normalized spacial score (nSPS) is 18.6. The molecule has 0 aliphatic carbocycles. The lowest BCUT2D eigenvalue weighted by Gasteiger charge is -2.22. The molecule has 0 radical (unpaired) electrons. The van der Waals surface area contributed by atoms with Crippen LogP contribution in [0.3, 0.4) is 0 Å². The van der Waals surface area contributed by atoms with Crippen molar-refractivity contribution in [1.29, 1.82) is 0 Å². The first kappa shape index (κ1) is 20.5. The number of amides is 1. The van der Waals surface area contributed by atoms with Crippen LogP contribution in [0.1, 0.15) is 41.3 Å². The van der Waals surface area contributed by atoms with E-state index >= 15 is 0 Å². The number of carbonyl (C=O) groups is 2. The first-order valence-corrected chi connectivity index (χ1v) is 10.4. The van der Waals surface area contributed by atoms with Gasteiger partial charge in [0, 0.05) is 42.2 Å². The van der Waals surface area contributed by atoms with Crippen molar-refractivity contribution < 1.29 is 23.5 Å². The van der Waals surface area contributed by atoms with Crippen molar-refractivity contribution in [2.75, 3.05) is 19.8 Å². The second kappa shape index (κ2) is 8.56. The van der Waals surface area contributed by atoms with Gasteiger partial charge in [-0.15, -0.1) is 0 Å². The van der Waals surface area contributed by atoms with Crippen LogP contribution in [0.5, 0.6) is 5.75 Å². The highest BCUT2D eigenvalue weighted by Crippen LogP contribution is 2.41. The molecule has 2 aromatic rings. The molecule has 30 heavy (non-hydrogen) atoms. The lowest BCUT2D eigenvalue weighted by molar-refractivity contribution is -0.128. The number of ketones is 1. The van der Waals surface area contributed by atoms with E-state index in [1.165, 1.54) is 19.1 Å². The van der Waals surface area contributed by atoms with Crippen LogP contribution in [-0.2, 0) is 16.0 Å². The molecule has 1 fully saturated rings. The summed E-state index contributed by atoms with van der Waals surface area (Å²) in [5.41, 5.74) is 3.44. The van der Waals surface area contributed by atoms with Gasteiger partial charge in [-0.3, -0.25) is 9.59 Å². The second-order valence-corrected chi connectivity index (χ2v) is 8.13. The highest BCUT2D eigenvalue weighted by molar-refractivity contribution is 5.95. The van der Waals surface area contributed by atoms with Gasteiger partial charge in [-0.2, -0.15) is 0 Å². The van der Waals surface area contributed by atoms with E-state index in [9.17, 15) is 14.0 Å². The fourth-order valence-electron chi connectivity index (χ4n) is 4.18. The molecule has 0 aromatic heterocycles. The lowest BCUT2D eigenvalue weighted by Crippen LogP contribution is -2.39. The molecule has 2 aliphatic rings. The number of Topliss-reactive ketones (excluding diaryl/α,β-unsaturated/α-hetero) is 1. The molecule has 0 saturated carbocycles. The van der Waals surface area contributed by atoms with Gasteiger partial charge in [0.05, 0.1) is 6.54 Å². The molecular weight excluding hydrogens is 385 g/mol. The molecule has 2 aromatic carbocycles. The molecule has 1 saturated heterocycles. The highest BCUT2D eigenvalue weighted by atomic mass is 19.1. The SMILES string of the molecule is CC(=O)c1ccc(F)c(-c2cc(C)cc3c2OC(CNC(=O)C2CCOCC2)C3)c1. The maximum atomic E-state index is 14.6. The predicted molar refractivity (Wildman–Crippen MR) is 111 cm³/mol. The average molecular weight is 411 g/mol. The standard InChI is InChI=1S/C24H26FNO4/c1-14-9-18-11-19(13-26-24(28)16-5-7-29-8-6-16)30-23(18)21(10-14)20-12-17(15(2)27)3-4-22(20)25/h3-4,9-10,12,16,19H,5-8,11,13H2,1-2H3,(H,26,28). The molecule has 1 unspecified atom stereocenters. The van der Waals surface area contributed by atoms with Crippen LogP contribution >= 0.6 is 0 Å². The zero-order chi connectivity index (χ0) is 21.3. The van der Waals surface area contributed by atoms with Crippen molar-refractivity contribution in [3.05, 3.63) is 52.8 Å². The van der Waals surface area contributed by atoms with E-state index in [1.807, 2.05) is 19.1 Å². The largest absolute Gasteiger partial charge is 0.487 e. The topological polar surface area (TPSA) is 64.6 Å². The molecule has 0 spiro atoms. The number of hydrogen-bond acceptors (Lipinski definition) is 4. The zero-order valence-corrected chi connectivity index (χ0v) is 17.3. The molecule has 6 heteroatoms. The van der Waals surface area contributed by atoms with Crippen LogP contribution in [0.25, 0.3) is 11.1 Å². The van der Waals surface area contributed by atoms with E-state index in [2.05, 4.69) is 5.32 Å². The first-order valence-electron chi connectivity index (χ1n) is 10.4. The summed E-state index contributed by atoms with van der Waals surface area (Å²) in [5.74, 6) is 0.145. The summed E-state index contributed by atoms with van der Waals surface area (Å²) in [5, 5.41) is 3.00. The second-order valence-electron chi connectivity index (χ2n) is 8.13. The minimum Gasteiger partial charge on any atom is -0.487 e. The fraction of sp³-hybridized carbons (Fsp3) is 0.417. The number of hydrogen-bond donors (Lipinski definition) is 1. The Balaban J connectivity index is 1.53. The van der Waals surface area contributed by atoms with Crippen molar-refractivity contribution in [1.82, 2.24) is 5.32 Å². The van der Waals surface area contributed by atoms with Crippen LogP contribution in [0.15, 0.2) is 30.3 Å². The third kappa shape index (κ3) is 4.24. The van der Waals surface area contributed by atoms with Gasteiger partial charge in [-0.1, -0.05) is 6.07 Å². The van der Waals surface area contributed by atoms with Crippen LogP contribution in [0, 0.1) is 18.7 Å².